The number of piperazine rings is 1. The molecule has 1 aromatic heterocycles. The largest absolute Gasteiger partial charge is 0.497 e. The second kappa shape index (κ2) is 9.59. The van der Waals surface area contributed by atoms with Crippen LogP contribution in [0.5, 0.6) is 11.5 Å². The van der Waals surface area contributed by atoms with E-state index in [1.807, 2.05) is 30.3 Å². The molecule has 3 rings (SSSR count). The molecule has 1 aliphatic heterocycles. The number of nitrogens with zero attached hydrogens (tertiary/aromatic N) is 3. The molecule has 2 amide bonds. The number of amides is 2. The topological polar surface area (TPSA) is 84.0 Å². The van der Waals surface area contributed by atoms with E-state index in [4.69, 9.17) is 9.47 Å². The van der Waals surface area contributed by atoms with E-state index in [-0.39, 0.29) is 5.91 Å². The lowest BCUT2D eigenvalue weighted by Crippen LogP contribution is -2.45. The summed E-state index contributed by atoms with van der Waals surface area (Å²) in [6.07, 6.45) is 2.50. The van der Waals surface area contributed by atoms with Gasteiger partial charge in [0.25, 0.3) is 5.91 Å². The Kier molecular flexibility index (Phi) is 6.67. The molecule has 1 N–H and O–H groups in total. The third kappa shape index (κ3) is 5.12. The quantitative estimate of drug-likeness (QED) is 0.544. The van der Waals surface area contributed by atoms with Crippen LogP contribution in [0.2, 0.25) is 0 Å². The van der Waals surface area contributed by atoms with E-state index >= 15 is 0 Å². The van der Waals surface area contributed by atoms with E-state index in [0.29, 0.717) is 37.7 Å². The van der Waals surface area contributed by atoms with Gasteiger partial charge in [0.15, 0.2) is 0 Å². The molecule has 1 fully saturated rings. The molecule has 0 aliphatic carbocycles. The van der Waals surface area contributed by atoms with E-state index in [0.717, 1.165) is 30.9 Å². The first-order chi connectivity index (χ1) is 13.7. The number of carbonyl (C=O) groups excluding carboxylic acids is 2. The Morgan fingerprint density at radius 3 is 2.54 bits per heavy atom. The van der Waals surface area contributed by atoms with Gasteiger partial charge in [-0.15, -0.1) is 0 Å². The van der Waals surface area contributed by atoms with Crippen LogP contribution in [-0.2, 0) is 4.79 Å². The molecule has 0 unspecified atom stereocenters. The van der Waals surface area contributed by atoms with Gasteiger partial charge in [-0.3, -0.25) is 14.6 Å². The summed E-state index contributed by atoms with van der Waals surface area (Å²) in [6, 6.07) is 10.9. The van der Waals surface area contributed by atoms with Crippen molar-refractivity contribution in [2.24, 2.45) is 0 Å². The Labute approximate surface area is 164 Å². The molecule has 1 aliphatic rings. The van der Waals surface area contributed by atoms with Crippen LogP contribution in [-0.4, -0.2) is 68.6 Å². The number of anilines is 1. The van der Waals surface area contributed by atoms with Gasteiger partial charge in [-0.2, -0.15) is 0 Å². The Hall–Kier alpha value is -3.29. The lowest BCUT2D eigenvalue weighted by atomic mass is 10.2. The lowest BCUT2D eigenvalue weighted by Gasteiger charge is -2.34. The first-order valence-electron chi connectivity index (χ1n) is 9.15. The molecular weight excluding hydrogens is 360 g/mol. The second-order valence-corrected chi connectivity index (χ2v) is 6.31. The average Bonchev–Trinajstić information content (AvgIpc) is 2.77. The predicted octanol–water partition coefficient (Wildman–Crippen LogP) is 1.18. The van der Waals surface area contributed by atoms with Crippen LogP contribution in [0.4, 0.5) is 5.69 Å². The number of pyridine rings is 1. The summed E-state index contributed by atoms with van der Waals surface area (Å²) in [5.74, 6) is 1.23. The number of nitrogens with one attached hydrogen (secondary N) is 1. The summed E-state index contributed by atoms with van der Waals surface area (Å²) in [6.45, 7) is 3.55. The van der Waals surface area contributed by atoms with Crippen molar-refractivity contribution in [2.75, 3.05) is 51.3 Å². The lowest BCUT2D eigenvalue weighted by molar-refractivity contribution is -0.118. The van der Waals surface area contributed by atoms with Crippen LogP contribution >= 0.6 is 0 Å². The number of rotatable bonds is 8. The zero-order valence-corrected chi connectivity index (χ0v) is 15.8. The molecule has 2 heterocycles. The molecule has 0 bridgehead atoms. The van der Waals surface area contributed by atoms with Crippen molar-refractivity contribution >= 4 is 18.0 Å². The van der Waals surface area contributed by atoms with Crippen LogP contribution in [0.1, 0.15) is 10.5 Å². The highest BCUT2D eigenvalue weighted by Gasteiger charge is 2.17. The summed E-state index contributed by atoms with van der Waals surface area (Å²) in [5, 5.41) is 2.81. The number of hydrogen-bond acceptors (Lipinski definition) is 6. The summed E-state index contributed by atoms with van der Waals surface area (Å²) >= 11 is 0. The smallest absolute Gasteiger partial charge is 0.270 e. The summed E-state index contributed by atoms with van der Waals surface area (Å²) in [4.78, 5) is 31.2. The monoisotopic (exact) mass is 384 g/mol. The van der Waals surface area contributed by atoms with Crippen LogP contribution in [0.25, 0.3) is 0 Å². The number of aromatic nitrogens is 1. The Morgan fingerprint density at radius 2 is 1.86 bits per heavy atom. The maximum absolute atomic E-state index is 12.4. The van der Waals surface area contributed by atoms with E-state index in [1.54, 1.807) is 24.3 Å². The van der Waals surface area contributed by atoms with Gasteiger partial charge < -0.3 is 24.6 Å². The highest BCUT2D eigenvalue weighted by atomic mass is 16.5. The van der Waals surface area contributed by atoms with Crippen molar-refractivity contribution in [1.29, 1.82) is 0 Å². The fourth-order valence-electron chi connectivity index (χ4n) is 2.92. The Bertz CT molecular complexity index is 789. The maximum Gasteiger partial charge on any atom is 0.270 e. The summed E-state index contributed by atoms with van der Waals surface area (Å²) < 4.78 is 10.7. The van der Waals surface area contributed by atoms with E-state index in [9.17, 15) is 9.59 Å². The summed E-state index contributed by atoms with van der Waals surface area (Å²) in [7, 11) is 1.61. The third-order valence-electron chi connectivity index (χ3n) is 4.52. The SMILES string of the molecule is COc1ccc(OCCNC(=O)c2cc(N3CCN(C=O)CC3)ccn2)cc1. The molecule has 1 saturated heterocycles. The standard InChI is InChI=1S/C20H24N4O4/c1-27-17-2-4-18(5-3-17)28-13-8-22-20(26)19-14-16(6-7-21-19)24-11-9-23(15-25)10-12-24/h2-7,14-15H,8-13H2,1H3,(H,22,26). The minimum absolute atomic E-state index is 0.244. The van der Waals surface area contributed by atoms with Gasteiger partial charge in [0.05, 0.1) is 13.7 Å². The third-order valence-corrected chi connectivity index (χ3v) is 4.52. The molecule has 0 saturated carbocycles. The van der Waals surface area contributed by atoms with E-state index < -0.39 is 0 Å². The van der Waals surface area contributed by atoms with Gasteiger partial charge in [0.1, 0.15) is 23.8 Å². The molecule has 8 nitrogen and oxygen atoms in total. The number of benzene rings is 1. The average molecular weight is 384 g/mol. The van der Waals surface area contributed by atoms with Gasteiger partial charge in [0.2, 0.25) is 6.41 Å². The van der Waals surface area contributed by atoms with Crippen LogP contribution < -0.4 is 19.7 Å². The number of methoxy groups -OCH3 is 1. The van der Waals surface area contributed by atoms with E-state index in [2.05, 4.69) is 15.2 Å². The van der Waals surface area contributed by atoms with Crippen molar-refractivity contribution in [3.8, 4) is 11.5 Å². The zero-order chi connectivity index (χ0) is 19.8. The normalized spacial score (nSPS) is 13.8. The number of ether oxygens (including phenoxy) is 2. The zero-order valence-electron chi connectivity index (χ0n) is 15.8. The molecule has 0 atom stereocenters. The Morgan fingerprint density at radius 1 is 1.14 bits per heavy atom. The molecule has 148 valence electrons. The highest BCUT2D eigenvalue weighted by molar-refractivity contribution is 5.93. The fourth-order valence-corrected chi connectivity index (χ4v) is 2.92. The van der Waals surface area contributed by atoms with E-state index in [1.165, 1.54) is 0 Å². The van der Waals surface area contributed by atoms with Gasteiger partial charge in [0, 0.05) is 38.1 Å². The minimum Gasteiger partial charge on any atom is -0.497 e. The molecule has 8 heteroatoms. The molecule has 1 aromatic carbocycles. The Balaban J connectivity index is 1.47. The van der Waals surface area contributed by atoms with Crippen molar-refractivity contribution in [3.05, 3.63) is 48.3 Å². The molecule has 28 heavy (non-hydrogen) atoms. The van der Waals surface area contributed by atoms with Crippen LogP contribution in [0.3, 0.4) is 0 Å². The van der Waals surface area contributed by atoms with Crippen LogP contribution in [0, 0.1) is 0 Å². The molecule has 0 spiro atoms. The van der Waals surface area contributed by atoms with Crippen molar-refractivity contribution in [1.82, 2.24) is 15.2 Å². The predicted molar refractivity (Wildman–Crippen MR) is 105 cm³/mol. The van der Waals surface area contributed by atoms with Gasteiger partial charge in [-0.05, 0) is 36.4 Å². The minimum atomic E-state index is -0.244. The van der Waals surface area contributed by atoms with Crippen molar-refractivity contribution < 1.29 is 19.1 Å². The number of hydrogen-bond donors (Lipinski definition) is 1. The first-order valence-corrected chi connectivity index (χ1v) is 9.15. The van der Waals surface area contributed by atoms with Crippen molar-refractivity contribution in [2.45, 2.75) is 0 Å². The number of carbonyl (C=O) groups is 2. The van der Waals surface area contributed by atoms with Crippen molar-refractivity contribution in [3.63, 3.8) is 0 Å². The first kappa shape index (κ1) is 19.5. The summed E-state index contributed by atoms with van der Waals surface area (Å²) in [5.41, 5.74) is 1.29. The molecule has 0 radical (unpaired) electrons. The second-order valence-electron chi connectivity index (χ2n) is 6.31. The van der Waals surface area contributed by atoms with Crippen LogP contribution in [0.15, 0.2) is 42.6 Å². The molecule has 2 aromatic rings. The van der Waals surface area contributed by atoms with Gasteiger partial charge in [-0.25, -0.2) is 0 Å². The van der Waals surface area contributed by atoms with Gasteiger partial charge >= 0.3 is 0 Å². The van der Waals surface area contributed by atoms with Gasteiger partial charge in [-0.1, -0.05) is 0 Å². The fraction of sp³-hybridized carbons (Fsp3) is 0.350. The highest BCUT2D eigenvalue weighted by Crippen LogP contribution is 2.17. The molecular formula is C20H24N4O4. The maximum atomic E-state index is 12.4.